The second-order valence-corrected chi connectivity index (χ2v) is 6.11. The van der Waals surface area contributed by atoms with Gasteiger partial charge in [0.1, 0.15) is 11.9 Å². The van der Waals surface area contributed by atoms with E-state index in [0.717, 1.165) is 37.5 Å². The van der Waals surface area contributed by atoms with Crippen molar-refractivity contribution in [2.45, 2.75) is 39.5 Å². The quantitative estimate of drug-likeness (QED) is 0.887. The van der Waals surface area contributed by atoms with E-state index in [1.165, 1.54) is 5.56 Å². The summed E-state index contributed by atoms with van der Waals surface area (Å²) < 4.78 is 7.95. The van der Waals surface area contributed by atoms with Gasteiger partial charge >= 0.3 is 0 Å². The predicted molar refractivity (Wildman–Crippen MR) is 83.3 cm³/mol. The molecule has 1 atom stereocenters. The highest BCUT2D eigenvalue weighted by molar-refractivity contribution is 5.37. The van der Waals surface area contributed by atoms with Crippen LogP contribution in [0.2, 0.25) is 0 Å². The first-order valence-corrected chi connectivity index (χ1v) is 7.68. The normalized spacial score (nSPS) is 17.0. The van der Waals surface area contributed by atoms with Gasteiger partial charge in [0.25, 0.3) is 0 Å². The number of nitrogens with one attached hydrogen (secondary N) is 1. The monoisotopic (exact) mass is 285 g/mol. The largest absolute Gasteiger partial charge is 0.488 e. The lowest BCUT2D eigenvalue weighted by Crippen LogP contribution is -2.22. The van der Waals surface area contributed by atoms with E-state index < -0.39 is 0 Å². The maximum atomic E-state index is 5.96. The Balaban J connectivity index is 1.52. The molecule has 1 aliphatic heterocycles. The Kier molecular flexibility index (Phi) is 4.25. The summed E-state index contributed by atoms with van der Waals surface area (Å²) in [5.74, 6) is 1.69. The number of ether oxygens (including phenoxy) is 1. The van der Waals surface area contributed by atoms with Crippen molar-refractivity contribution >= 4 is 0 Å². The van der Waals surface area contributed by atoms with E-state index in [0.29, 0.717) is 5.92 Å². The van der Waals surface area contributed by atoms with Crippen molar-refractivity contribution in [2.24, 2.45) is 5.92 Å². The zero-order chi connectivity index (χ0) is 14.7. The maximum absolute atomic E-state index is 5.96. The average molecular weight is 285 g/mol. The fourth-order valence-electron chi connectivity index (χ4n) is 2.65. The molecule has 0 bridgehead atoms. The molecule has 1 unspecified atom stereocenters. The zero-order valence-corrected chi connectivity index (χ0v) is 12.7. The third kappa shape index (κ3) is 3.64. The van der Waals surface area contributed by atoms with E-state index in [9.17, 15) is 0 Å². The van der Waals surface area contributed by atoms with Crippen molar-refractivity contribution in [1.82, 2.24) is 15.1 Å². The van der Waals surface area contributed by atoms with E-state index in [1.54, 1.807) is 0 Å². The molecule has 2 aromatic rings. The summed E-state index contributed by atoms with van der Waals surface area (Å²) in [5, 5.41) is 8.02. The molecule has 0 saturated heterocycles. The van der Waals surface area contributed by atoms with Gasteiger partial charge in [0, 0.05) is 19.2 Å². The molecule has 1 aliphatic rings. The summed E-state index contributed by atoms with van der Waals surface area (Å²) in [5.41, 5.74) is 2.39. The second kappa shape index (κ2) is 6.31. The SMILES string of the molecule is CC(C)CNCc1ccn(CC2Cc3ccccc3O2)n1. The van der Waals surface area contributed by atoms with Gasteiger partial charge in [-0.05, 0) is 30.2 Å². The highest BCUT2D eigenvalue weighted by Crippen LogP contribution is 2.28. The van der Waals surface area contributed by atoms with Gasteiger partial charge in [0.2, 0.25) is 0 Å². The van der Waals surface area contributed by atoms with Crippen LogP contribution in [-0.2, 0) is 19.5 Å². The molecule has 4 heteroatoms. The van der Waals surface area contributed by atoms with E-state index in [1.807, 2.05) is 23.0 Å². The van der Waals surface area contributed by atoms with Crippen LogP contribution in [0.25, 0.3) is 0 Å². The Labute approximate surface area is 126 Å². The van der Waals surface area contributed by atoms with Crippen LogP contribution >= 0.6 is 0 Å². The summed E-state index contributed by atoms with van der Waals surface area (Å²) >= 11 is 0. The molecule has 0 amide bonds. The number of aromatic nitrogens is 2. The van der Waals surface area contributed by atoms with Crippen molar-refractivity contribution in [3.63, 3.8) is 0 Å². The molecule has 112 valence electrons. The minimum Gasteiger partial charge on any atom is -0.488 e. The van der Waals surface area contributed by atoms with E-state index >= 15 is 0 Å². The van der Waals surface area contributed by atoms with Crippen LogP contribution in [0.1, 0.15) is 25.1 Å². The fourth-order valence-corrected chi connectivity index (χ4v) is 2.65. The number of hydrogen-bond donors (Lipinski definition) is 1. The summed E-state index contributed by atoms with van der Waals surface area (Å²) in [4.78, 5) is 0. The molecule has 0 fully saturated rings. The minimum atomic E-state index is 0.193. The number of para-hydroxylation sites is 1. The first-order chi connectivity index (χ1) is 10.2. The van der Waals surface area contributed by atoms with Crippen LogP contribution in [0.15, 0.2) is 36.5 Å². The molecule has 1 N–H and O–H groups in total. The molecule has 2 heterocycles. The molecule has 0 aliphatic carbocycles. The van der Waals surface area contributed by atoms with Crippen molar-refractivity contribution in [3.05, 3.63) is 47.8 Å². The minimum absolute atomic E-state index is 0.193. The summed E-state index contributed by atoms with van der Waals surface area (Å²) in [6.45, 7) is 7.07. The third-order valence-electron chi connectivity index (χ3n) is 3.66. The lowest BCUT2D eigenvalue weighted by atomic mass is 10.1. The summed E-state index contributed by atoms with van der Waals surface area (Å²) in [6, 6.07) is 10.3. The average Bonchev–Trinajstić information content (AvgIpc) is 3.04. The smallest absolute Gasteiger partial charge is 0.123 e. The van der Waals surface area contributed by atoms with Gasteiger partial charge in [-0.25, -0.2) is 0 Å². The van der Waals surface area contributed by atoms with E-state index in [-0.39, 0.29) is 6.10 Å². The predicted octanol–water partition coefficient (Wildman–Crippen LogP) is 2.63. The van der Waals surface area contributed by atoms with Crippen LogP contribution in [-0.4, -0.2) is 22.4 Å². The van der Waals surface area contributed by atoms with Crippen molar-refractivity contribution in [2.75, 3.05) is 6.54 Å². The Morgan fingerprint density at radius 3 is 3.00 bits per heavy atom. The van der Waals surface area contributed by atoms with Gasteiger partial charge in [0.05, 0.1) is 12.2 Å². The lowest BCUT2D eigenvalue weighted by molar-refractivity contribution is 0.203. The van der Waals surface area contributed by atoms with Crippen molar-refractivity contribution in [1.29, 1.82) is 0 Å². The number of hydrogen-bond acceptors (Lipinski definition) is 3. The standard InChI is InChI=1S/C17H23N3O/c1-13(2)10-18-11-15-7-8-20(19-15)12-16-9-14-5-3-4-6-17(14)21-16/h3-8,13,16,18H,9-12H2,1-2H3. The first kappa shape index (κ1) is 14.1. The third-order valence-corrected chi connectivity index (χ3v) is 3.66. The van der Waals surface area contributed by atoms with Crippen molar-refractivity contribution < 1.29 is 4.74 Å². The van der Waals surface area contributed by atoms with Crippen LogP contribution in [0, 0.1) is 5.92 Å². The van der Waals surface area contributed by atoms with Gasteiger partial charge in [-0.2, -0.15) is 5.10 Å². The van der Waals surface area contributed by atoms with Gasteiger partial charge in [-0.15, -0.1) is 0 Å². The molecule has 0 radical (unpaired) electrons. The van der Waals surface area contributed by atoms with Crippen molar-refractivity contribution in [3.8, 4) is 5.75 Å². The number of nitrogens with zero attached hydrogens (tertiary/aromatic N) is 2. The first-order valence-electron chi connectivity index (χ1n) is 7.68. The summed E-state index contributed by atoms with van der Waals surface area (Å²) in [7, 11) is 0. The van der Waals surface area contributed by atoms with Crippen LogP contribution in [0.5, 0.6) is 5.75 Å². The van der Waals surface area contributed by atoms with Crippen LogP contribution < -0.4 is 10.1 Å². The zero-order valence-electron chi connectivity index (χ0n) is 12.7. The molecule has 21 heavy (non-hydrogen) atoms. The van der Waals surface area contributed by atoms with E-state index in [4.69, 9.17) is 4.74 Å². The molecular weight excluding hydrogens is 262 g/mol. The molecule has 1 aromatic heterocycles. The maximum Gasteiger partial charge on any atom is 0.123 e. The number of rotatable bonds is 6. The molecule has 4 nitrogen and oxygen atoms in total. The number of fused-ring (bicyclic) bond motifs is 1. The second-order valence-electron chi connectivity index (χ2n) is 6.11. The van der Waals surface area contributed by atoms with Gasteiger partial charge in [0.15, 0.2) is 0 Å². The van der Waals surface area contributed by atoms with E-state index in [2.05, 4.69) is 42.5 Å². The Morgan fingerprint density at radius 2 is 2.19 bits per heavy atom. The molecule has 0 spiro atoms. The topological polar surface area (TPSA) is 39.1 Å². The Hall–Kier alpha value is -1.81. The number of benzene rings is 1. The Bertz CT molecular complexity index is 566. The van der Waals surface area contributed by atoms with Gasteiger partial charge < -0.3 is 10.1 Å². The fraction of sp³-hybridized carbons (Fsp3) is 0.471. The lowest BCUT2D eigenvalue weighted by Gasteiger charge is -2.10. The highest BCUT2D eigenvalue weighted by atomic mass is 16.5. The van der Waals surface area contributed by atoms with Gasteiger partial charge in [-0.1, -0.05) is 32.0 Å². The Morgan fingerprint density at radius 1 is 1.33 bits per heavy atom. The highest BCUT2D eigenvalue weighted by Gasteiger charge is 2.22. The molecule has 0 saturated carbocycles. The molecule has 1 aromatic carbocycles. The summed E-state index contributed by atoms with van der Waals surface area (Å²) in [6.07, 6.45) is 3.20. The van der Waals surface area contributed by atoms with Gasteiger partial charge in [-0.3, -0.25) is 4.68 Å². The molecular formula is C17H23N3O. The van der Waals surface area contributed by atoms with Crippen LogP contribution in [0.3, 0.4) is 0 Å². The molecule has 3 rings (SSSR count). The van der Waals surface area contributed by atoms with Crippen LogP contribution in [0.4, 0.5) is 0 Å².